The van der Waals surface area contributed by atoms with Gasteiger partial charge < -0.3 is 15.8 Å². The second-order valence-corrected chi connectivity index (χ2v) is 5.77. The van der Waals surface area contributed by atoms with Gasteiger partial charge in [-0.3, -0.25) is 4.79 Å². The van der Waals surface area contributed by atoms with Crippen molar-refractivity contribution in [2.24, 2.45) is 17.6 Å². The smallest absolute Gasteiger partial charge is 0.230 e. The van der Waals surface area contributed by atoms with E-state index in [1.165, 1.54) is 0 Å². The van der Waals surface area contributed by atoms with Crippen LogP contribution in [0.4, 0.5) is 0 Å². The topological polar surface area (TPSA) is 64.3 Å². The molecule has 0 bridgehead atoms. The zero-order chi connectivity index (χ0) is 13.2. The molecular weight excluding hydrogens is 236 g/mol. The van der Waals surface area contributed by atoms with Gasteiger partial charge >= 0.3 is 0 Å². The Morgan fingerprint density at radius 3 is 2.53 bits per heavy atom. The number of ether oxygens (including phenoxy) is 1. The maximum Gasteiger partial charge on any atom is 0.230 e. The minimum absolute atomic E-state index is 0.0191. The molecule has 1 aliphatic rings. The molecule has 1 amide bonds. The van der Waals surface area contributed by atoms with Crippen LogP contribution in [0.3, 0.4) is 0 Å². The molecule has 5 heteroatoms. The Hall–Kier alpha value is -0.680. The molecule has 3 unspecified atom stereocenters. The number of hydrogen-bond acceptors (Lipinski definition) is 3. The summed E-state index contributed by atoms with van der Waals surface area (Å²) in [5.41, 5.74) is 5.32. The lowest BCUT2D eigenvalue weighted by molar-refractivity contribution is -0.126. The van der Waals surface area contributed by atoms with E-state index in [2.05, 4.69) is 5.32 Å². The first-order valence-corrected chi connectivity index (χ1v) is 6.41. The molecule has 1 aliphatic heterocycles. The molecule has 17 heavy (non-hydrogen) atoms. The molecule has 1 saturated heterocycles. The van der Waals surface area contributed by atoms with Gasteiger partial charge in [-0.15, -0.1) is 0 Å². The third-order valence-electron chi connectivity index (χ3n) is 3.55. The third kappa shape index (κ3) is 3.16. The molecule has 98 valence electrons. The predicted octanol–water partition coefficient (Wildman–Crippen LogP) is 1.23. The van der Waals surface area contributed by atoms with E-state index in [9.17, 15) is 4.79 Å². The van der Waals surface area contributed by atoms with Crippen LogP contribution in [0.1, 0.15) is 34.1 Å². The minimum atomic E-state index is -0.408. The molecule has 0 spiro atoms. The molecule has 4 nitrogen and oxygen atoms in total. The highest BCUT2D eigenvalue weighted by Gasteiger charge is 2.40. The predicted molar refractivity (Wildman–Crippen MR) is 71.7 cm³/mol. The summed E-state index contributed by atoms with van der Waals surface area (Å²) in [5.74, 6) is -0.393. The monoisotopic (exact) mass is 258 g/mol. The van der Waals surface area contributed by atoms with Crippen molar-refractivity contribution in [3.05, 3.63) is 0 Å². The quantitative estimate of drug-likeness (QED) is 0.744. The summed E-state index contributed by atoms with van der Waals surface area (Å²) in [6.07, 6.45) is 0.841. The largest absolute Gasteiger partial charge is 0.393 e. The van der Waals surface area contributed by atoms with Crippen LogP contribution in [0.5, 0.6) is 0 Å². The highest BCUT2D eigenvalue weighted by atomic mass is 32.1. The van der Waals surface area contributed by atoms with Crippen LogP contribution < -0.4 is 11.1 Å². The fourth-order valence-corrected chi connectivity index (χ4v) is 2.50. The van der Waals surface area contributed by atoms with Crippen molar-refractivity contribution in [1.82, 2.24) is 5.32 Å². The van der Waals surface area contributed by atoms with Gasteiger partial charge in [0.2, 0.25) is 5.91 Å². The number of thiocarbonyl (C=S) groups is 1. The van der Waals surface area contributed by atoms with Crippen LogP contribution in [0.2, 0.25) is 0 Å². The zero-order valence-corrected chi connectivity index (χ0v) is 11.8. The molecule has 0 aromatic rings. The summed E-state index contributed by atoms with van der Waals surface area (Å²) in [6.45, 7) is 8.54. The highest BCUT2D eigenvalue weighted by Crippen LogP contribution is 2.26. The molecule has 1 heterocycles. The third-order valence-corrected chi connectivity index (χ3v) is 3.80. The Kier molecular flexibility index (Phi) is 4.49. The van der Waals surface area contributed by atoms with E-state index in [4.69, 9.17) is 22.7 Å². The summed E-state index contributed by atoms with van der Waals surface area (Å²) in [4.78, 5) is 12.5. The Morgan fingerprint density at radius 2 is 2.18 bits per heavy atom. The van der Waals surface area contributed by atoms with Gasteiger partial charge in [-0.05, 0) is 26.2 Å². The van der Waals surface area contributed by atoms with Crippen LogP contribution in [0.15, 0.2) is 0 Å². The van der Waals surface area contributed by atoms with Gasteiger partial charge in [-0.25, -0.2) is 0 Å². The van der Waals surface area contributed by atoms with Gasteiger partial charge in [0.1, 0.15) is 0 Å². The normalized spacial score (nSPS) is 30.3. The van der Waals surface area contributed by atoms with Crippen LogP contribution in [-0.2, 0) is 9.53 Å². The van der Waals surface area contributed by atoms with Gasteiger partial charge in [0, 0.05) is 6.61 Å². The van der Waals surface area contributed by atoms with Crippen LogP contribution in [0.25, 0.3) is 0 Å². The van der Waals surface area contributed by atoms with Crippen molar-refractivity contribution in [3.8, 4) is 0 Å². The number of nitrogens with two attached hydrogens (primary N) is 1. The van der Waals surface area contributed by atoms with Crippen LogP contribution in [-0.4, -0.2) is 29.1 Å². The fourth-order valence-electron chi connectivity index (χ4n) is 2.12. The van der Waals surface area contributed by atoms with E-state index in [0.717, 1.165) is 6.42 Å². The Bertz CT molecular complexity index is 320. The number of hydrogen-bond donors (Lipinski definition) is 2. The molecule has 0 aromatic heterocycles. The average Bonchev–Trinajstić information content (AvgIpc) is 2.44. The van der Waals surface area contributed by atoms with E-state index in [0.29, 0.717) is 6.61 Å². The van der Waals surface area contributed by atoms with Crippen molar-refractivity contribution in [3.63, 3.8) is 0 Å². The molecule has 1 fully saturated rings. The SMILES string of the molecule is CC(C)C(C(=O)NC1(C)CCOC1C)C(N)=S. The highest BCUT2D eigenvalue weighted by molar-refractivity contribution is 7.80. The summed E-state index contributed by atoms with van der Waals surface area (Å²) in [5, 5.41) is 3.04. The number of nitrogens with one attached hydrogen (secondary N) is 1. The van der Waals surface area contributed by atoms with E-state index in [-0.39, 0.29) is 28.5 Å². The van der Waals surface area contributed by atoms with Gasteiger partial charge in [0.25, 0.3) is 0 Å². The number of amides is 1. The fraction of sp³-hybridized carbons (Fsp3) is 0.833. The maximum atomic E-state index is 12.2. The standard InChI is InChI=1S/C12H22N2O2S/c1-7(2)9(10(13)17)11(15)14-12(4)5-6-16-8(12)3/h7-9H,5-6H2,1-4H3,(H2,13,17)(H,14,15). The van der Waals surface area contributed by atoms with Crippen molar-refractivity contribution in [2.75, 3.05) is 6.61 Å². The van der Waals surface area contributed by atoms with E-state index < -0.39 is 5.92 Å². The second kappa shape index (κ2) is 5.31. The average molecular weight is 258 g/mol. The van der Waals surface area contributed by atoms with Crippen LogP contribution >= 0.6 is 12.2 Å². The van der Waals surface area contributed by atoms with Gasteiger partial charge in [0.15, 0.2) is 0 Å². The first kappa shape index (κ1) is 14.4. The Balaban J connectivity index is 2.73. The van der Waals surface area contributed by atoms with Gasteiger partial charge in [-0.2, -0.15) is 0 Å². The molecule has 0 radical (unpaired) electrons. The zero-order valence-electron chi connectivity index (χ0n) is 10.9. The Morgan fingerprint density at radius 1 is 1.59 bits per heavy atom. The van der Waals surface area contributed by atoms with E-state index in [1.54, 1.807) is 0 Å². The van der Waals surface area contributed by atoms with Gasteiger partial charge in [-0.1, -0.05) is 26.1 Å². The van der Waals surface area contributed by atoms with E-state index in [1.807, 2.05) is 27.7 Å². The molecule has 0 saturated carbocycles. The summed E-state index contributed by atoms with van der Waals surface area (Å²) >= 11 is 4.96. The number of carbonyl (C=O) groups is 1. The Labute approximate surface area is 108 Å². The number of carbonyl (C=O) groups excluding carboxylic acids is 1. The van der Waals surface area contributed by atoms with E-state index >= 15 is 0 Å². The minimum Gasteiger partial charge on any atom is -0.393 e. The van der Waals surface area contributed by atoms with Crippen molar-refractivity contribution in [2.45, 2.75) is 45.8 Å². The first-order valence-electron chi connectivity index (χ1n) is 6.01. The first-order chi connectivity index (χ1) is 7.78. The lowest BCUT2D eigenvalue weighted by atomic mass is 9.90. The molecule has 3 N–H and O–H groups in total. The molecule has 3 atom stereocenters. The van der Waals surface area contributed by atoms with Crippen molar-refractivity contribution < 1.29 is 9.53 Å². The maximum absolute atomic E-state index is 12.2. The van der Waals surface area contributed by atoms with Gasteiger partial charge in [0.05, 0.1) is 22.5 Å². The summed E-state index contributed by atoms with van der Waals surface area (Å²) < 4.78 is 5.49. The molecule has 0 aromatic carbocycles. The molecule has 1 rings (SSSR count). The van der Waals surface area contributed by atoms with Crippen molar-refractivity contribution >= 4 is 23.1 Å². The lowest BCUT2D eigenvalue weighted by Crippen LogP contribution is -2.54. The second-order valence-electron chi connectivity index (χ2n) is 5.29. The molecule has 0 aliphatic carbocycles. The lowest BCUT2D eigenvalue weighted by Gasteiger charge is -2.31. The molecular formula is C12H22N2O2S. The number of rotatable bonds is 4. The van der Waals surface area contributed by atoms with Crippen LogP contribution in [0, 0.1) is 11.8 Å². The summed E-state index contributed by atoms with van der Waals surface area (Å²) in [6, 6.07) is 0. The summed E-state index contributed by atoms with van der Waals surface area (Å²) in [7, 11) is 0. The van der Waals surface area contributed by atoms with Crippen molar-refractivity contribution in [1.29, 1.82) is 0 Å².